The third-order valence-corrected chi connectivity index (χ3v) is 4.70. The Balaban J connectivity index is 0.000000554. The molecule has 33 heavy (non-hydrogen) atoms. The van der Waals surface area contributed by atoms with E-state index < -0.39 is 25.4 Å². The third kappa shape index (κ3) is 15.0. The van der Waals surface area contributed by atoms with Crippen molar-refractivity contribution in [2.24, 2.45) is 0 Å². The number of hydrogen-bond donors (Lipinski definition) is 4. The Morgan fingerprint density at radius 3 is 2.24 bits per heavy atom. The van der Waals surface area contributed by atoms with Gasteiger partial charge in [0, 0.05) is 13.3 Å². The summed E-state index contributed by atoms with van der Waals surface area (Å²) in [5, 5.41) is 2.26. The molecule has 1 unspecified atom stereocenters. The highest BCUT2D eigenvalue weighted by Crippen LogP contribution is 2.36. The number of aromatic nitrogens is 2. The summed E-state index contributed by atoms with van der Waals surface area (Å²) in [5.74, 6) is -0.282. The number of hydrogen-bond acceptors (Lipinski definition) is 9. The lowest BCUT2D eigenvalue weighted by Gasteiger charge is -2.19. The predicted octanol–water partition coefficient (Wildman–Crippen LogP) is 1.48. The van der Waals surface area contributed by atoms with E-state index in [1.54, 1.807) is 0 Å². The summed E-state index contributed by atoms with van der Waals surface area (Å²) in [6.45, 7) is 6.06. The van der Waals surface area contributed by atoms with Gasteiger partial charge in [-0.05, 0) is 18.1 Å². The lowest BCUT2D eigenvalue weighted by Crippen LogP contribution is -2.37. The van der Waals surface area contributed by atoms with E-state index in [0.29, 0.717) is 12.6 Å². The first-order chi connectivity index (χ1) is 15.8. The van der Waals surface area contributed by atoms with Crippen LogP contribution in [-0.2, 0) is 34.5 Å². The molecule has 0 amide bonds. The number of anilines is 1. The van der Waals surface area contributed by atoms with E-state index in [0.717, 1.165) is 25.9 Å². The van der Waals surface area contributed by atoms with Crippen LogP contribution < -0.4 is 16.5 Å². The highest BCUT2D eigenvalue weighted by molar-refractivity contribution is 7.50. The van der Waals surface area contributed by atoms with Gasteiger partial charge in [0.15, 0.2) is 0 Å². The number of carbonyl (C=O) groups is 1. The zero-order chi connectivity index (χ0) is 25.1. The van der Waals surface area contributed by atoms with Crippen LogP contribution >= 0.6 is 7.75 Å². The fourth-order valence-corrected chi connectivity index (χ4v) is 2.80. The van der Waals surface area contributed by atoms with Crippen molar-refractivity contribution in [3.63, 3.8) is 0 Å². The number of methoxy groups -OCH3 is 1. The van der Waals surface area contributed by atoms with Crippen molar-refractivity contribution in [3.05, 3.63) is 58.6 Å². The van der Waals surface area contributed by atoms with Crippen LogP contribution in [-0.4, -0.2) is 61.1 Å². The minimum absolute atomic E-state index is 0.238. The van der Waals surface area contributed by atoms with Crippen LogP contribution in [0.25, 0.3) is 0 Å². The summed E-state index contributed by atoms with van der Waals surface area (Å²) >= 11 is 0. The average Bonchev–Trinajstić information content (AvgIpc) is 3.41. The normalized spacial score (nSPS) is 14.6. The first-order valence-corrected chi connectivity index (χ1v) is 11.6. The van der Waals surface area contributed by atoms with Crippen LogP contribution in [0.5, 0.6) is 0 Å². The van der Waals surface area contributed by atoms with Gasteiger partial charge in [0.25, 0.3) is 0 Å². The number of rotatable bonds is 6. The number of nitrogen functional groups attached to an aromatic ring is 1. The van der Waals surface area contributed by atoms with Crippen LogP contribution in [0, 0.1) is 0 Å². The van der Waals surface area contributed by atoms with Crippen molar-refractivity contribution in [2.75, 3.05) is 40.0 Å². The number of H-pyrrole nitrogens is 1. The quantitative estimate of drug-likeness (QED) is 0.342. The maximum absolute atomic E-state index is 11.5. The van der Waals surface area contributed by atoms with Gasteiger partial charge in [0.2, 0.25) is 0 Å². The smallest absolute Gasteiger partial charge is 0.403 e. The van der Waals surface area contributed by atoms with Crippen molar-refractivity contribution in [1.82, 2.24) is 15.1 Å². The number of nitrogens with zero attached hydrogens (tertiary/aromatic N) is 1. The number of nitrogens with one attached hydrogen (secondary N) is 2. The average molecular weight is 488 g/mol. The molecule has 3 rings (SSSR count). The van der Waals surface area contributed by atoms with Crippen molar-refractivity contribution in [1.29, 1.82) is 0 Å². The van der Waals surface area contributed by atoms with Crippen LogP contribution in [0.4, 0.5) is 5.82 Å². The van der Waals surface area contributed by atoms with Gasteiger partial charge in [-0.1, -0.05) is 44.2 Å². The zero-order valence-corrected chi connectivity index (χ0v) is 20.1. The predicted molar refractivity (Wildman–Crippen MR) is 123 cm³/mol. The van der Waals surface area contributed by atoms with Crippen molar-refractivity contribution in [3.8, 4) is 0 Å². The highest BCUT2D eigenvalue weighted by Gasteiger charge is 2.28. The maximum Gasteiger partial charge on any atom is 0.403 e. The van der Waals surface area contributed by atoms with Crippen molar-refractivity contribution in [2.45, 2.75) is 26.3 Å². The molecule has 1 saturated heterocycles. The second kappa shape index (κ2) is 17.9. The van der Waals surface area contributed by atoms with Crippen LogP contribution in [0.1, 0.15) is 19.4 Å². The molecule has 2 atom stereocenters. The van der Waals surface area contributed by atoms with Gasteiger partial charge in [-0.3, -0.25) is 9.78 Å². The minimum Gasteiger partial charge on any atom is -0.468 e. The van der Waals surface area contributed by atoms with E-state index in [1.165, 1.54) is 19.4 Å². The molecule has 1 aromatic carbocycles. The van der Waals surface area contributed by atoms with E-state index in [4.69, 9.17) is 15.2 Å². The molecule has 13 heteroatoms. The fourth-order valence-electron chi connectivity index (χ4n) is 2.10. The van der Waals surface area contributed by atoms with Gasteiger partial charge in [-0.25, -0.2) is 19.4 Å². The Hall–Kier alpha value is -2.60. The summed E-state index contributed by atoms with van der Waals surface area (Å²) < 4.78 is 29.8. The standard InChI is InChI=1S/C11H16NO5P.C4H5N3O.C3H6O2.C2H6/c1-16-11(13)10(12-18(14,15)17-2)8-9-6-4-3-5-7-9;5-3-1-2-6-4(8)7-3;1-2-5-3-4-1;1-2/h3-7,10H,8H2,1-2H3,(H2,12,14,15);1-2H,(H3,5,6,7,8);1-3H2;1-2H3/t10-;;;/m0.../s1. The maximum atomic E-state index is 11.5. The van der Waals surface area contributed by atoms with E-state index in [2.05, 4.69) is 24.3 Å². The Morgan fingerprint density at radius 2 is 1.85 bits per heavy atom. The Morgan fingerprint density at radius 1 is 1.24 bits per heavy atom. The van der Waals surface area contributed by atoms with Gasteiger partial charge in [0.1, 0.15) is 18.7 Å². The molecular weight excluding hydrogens is 455 g/mol. The molecule has 0 radical (unpaired) electrons. The monoisotopic (exact) mass is 488 g/mol. The van der Waals surface area contributed by atoms with Crippen LogP contribution in [0.2, 0.25) is 0 Å². The SMILES string of the molecule is C1COCO1.CC.COC(=O)[C@H](Cc1ccccc1)NP(=O)(O)OC.Nc1ccnc(=O)[nH]1. The summed E-state index contributed by atoms with van der Waals surface area (Å²) in [7, 11) is -1.68. The van der Waals surface area contributed by atoms with Gasteiger partial charge >= 0.3 is 19.4 Å². The molecule has 0 aliphatic carbocycles. The van der Waals surface area contributed by atoms with Crippen molar-refractivity contribution >= 4 is 19.5 Å². The molecule has 12 nitrogen and oxygen atoms in total. The first-order valence-electron chi connectivity index (χ1n) is 10.0. The minimum atomic E-state index is -3.98. The van der Waals surface area contributed by atoms with E-state index >= 15 is 0 Å². The molecule has 1 aromatic heterocycles. The third-order valence-electron chi connectivity index (χ3n) is 3.57. The number of carbonyl (C=O) groups excluding carboxylic acids is 1. The zero-order valence-electron chi connectivity index (χ0n) is 19.2. The van der Waals surface area contributed by atoms with Crippen LogP contribution in [0.15, 0.2) is 47.4 Å². The molecular formula is C20H33N4O8P. The molecule has 1 aliphatic heterocycles. The lowest BCUT2D eigenvalue weighted by molar-refractivity contribution is -0.142. The molecule has 5 N–H and O–H groups in total. The summed E-state index contributed by atoms with van der Waals surface area (Å²) in [6, 6.07) is 9.68. The van der Waals surface area contributed by atoms with E-state index in [1.807, 2.05) is 44.2 Å². The number of benzene rings is 1. The second-order valence-electron chi connectivity index (χ2n) is 5.86. The van der Waals surface area contributed by atoms with E-state index in [-0.39, 0.29) is 6.42 Å². The molecule has 0 bridgehead atoms. The van der Waals surface area contributed by atoms with Crippen LogP contribution in [0.3, 0.4) is 0 Å². The number of ether oxygens (including phenoxy) is 3. The fraction of sp³-hybridized carbons (Fsp3) is 0.450. The number of esters is 1. The number of aromatic amines is 1. The van der Waals surface area contributed by atoms with Gasteiger partial charge < -0.3 is 29.4 Å². The van der Waals surface area contributed by atoms with Gasteiger partial charge in [-0.2, -0.15) is 0 Å². The lowest BCUT2D eigenvalue weighted by atomic mass is 10.1. The molecule has 0 spiro atoms. The Bertz CT molecular complexity index is 870. The largest absolute Gasteiger partial charge is 0.468 e. The molecule has 1 fully saturated rings. The van der Waals surface area contributed by atoms with E-state index in [9.17, 15) is 19.0 Å². The molecule has 2 heterocycles. The van der Waals surface area contributed by atoms with Gasteiger partial charge in [-0.15, -0.1) is 0 Å². The summed E-state index contributed by atoms with van der Waals surface area (Å²) in [6.07, 6.45) is 1.59. The number of nitrogens with two attached hydrogens (primary N) is 1. The molecule has 0 saturated carbocycles. The topological polar surface area (TPSA) is 175 Å². The molecule has 186 valence electrons. The Kier molecular flexibility index (Phi) is 16.5. The first kappa shape index (κ1) is 30.4. The highest BCUT2D eigenvalue weighted by atomic mass is 31.2. The molecule has 1 aliphatic rings. The Labute approximate surface area is 193 Å². The van der Waals surface area contributed by atoms with Gasteiger partial charge in [0.05, 0.1) is 20.3 Å². The molecule has 2 aromatic rings. The van der Waals surface area contributed by atoms with Crippen molar-refractivity contribution < 1.29 is 33.0 Å². The summed E-state index contributed by atoms with van der Waals surface area (Å²) in [5.41, 5.74) is 5.60. The second-order valence-corrected chi connectivity index (χ2v) is 7.53. The summed E-state index contributed by atoms with van der Waals surface area (Å²) in [4.78, 5) is 36.7.